The molecule has 0 unspecified atom stereocenters. The first-order valence-corrected chi connectivity index (χ1v) is 8.34. The van der Waals surface area contributed by atoms with Gasteiger partial charge in [-0.15, -0.1) is 0 Å². The van der Waals surface area contributed by atoms with Crippen LogP contribution >= 0.6 is 0 Å². The number of hydrogen-bond donors (Lipinski definition) is 2. The largest absolute Gasteiger partial charge is 0.383 e. The summed E-state index contributed by atoms with van der Waals surface area (Å²) in [6, 6.07) is 13.2. The lowest BCUT2D eigenvalue weighted by molar-refractivity contribution is 0.578. The third kappa shape index (κ3) is 4.27. The summed E-state index contributed by atoms with van der Waals surface area (Å²) in [5.74, 6) is 0. The van der Waals surface area contributed by atoms with E-state index in [9.17, 15) is 8.42 Å². The van der Waals surface area contributed by atoms with E-state index >= 15 is 0 Å². The minimum Gasteiger partial charge on any atom is -0.383 e. The van der Waals surface area contributed by atoms with Crippen molar-refractivity contribution in [2.45, 2.75) is 18.4 Å². The van der Waals surface area contributed by atoms with Crippen LogP contribution < -0.4 is 10.0 Å². The molecular formula is C15H19N3O2S. The third-order valence-electron chi connectivity index (χ3n) is 2.94. The second-order valence-electron chi connectivity index (χ2n) is 4.52. The first-order chi connectivity index (χ1) is 10.1. The van der Waals surface area contributed by atoms with Gasteiger partial charge in [0.05, 0.1) is 5.69 Å². The molecule has 2 N–H and O–H groups in total. The van der Waals surface area contributed by atoms with Gasteiger partial charge in [0.1, 0.15) is 0 Å². The Bertz CT molecular complexity index is 672. The van der Waals surface area contributed by atoms with Crippen molar-refractivity contribution in [3.63, 3.8) is 0 Å². The van der Waals surface area contributed by atoms with Gasteiger partial charge in [0, 0.05) is 19.3 Å². The van der Waals surface area contributed by atoms with E-state index in [1.54, 1.807) is 12.1 Å². The molecule has 1 aromatic heterocycles. The fourth-order valence-corrected chi connectivity index (χ4v) is 3.11. The molecule has 5 nitrogen and oxygen atoms in total. The summed E-state index contributed by atoms with van der Waals surface area (Å²) < 4.78 is 27.2. The standard InChI is InChI=1S/C15H19N3O2S/c1-2-16-14-9-6-11-17-15(14)21(19,20)18-12-10-13-7-4-3-5-8-13/h3-9,11,16,18H,2,10,12H2,1H3. The molecule has 0 aliphatic rings. The minimum atomic E-state index is -3.61. The van der Waals surface area contributed by atoms with Gasteiger partial charge in [-0.2, -0.15) is 0 Å². The Morgan fingerprint density at radius 3 is 2.57 bits per heavy atom. The lowest BCUT2D eigenvalue weighted by Gasteiger charge is -2.11. The SMILES string of the molecule is CCNc1cccnc1S(=O)(=O)NCCc1ccccc1. The topological polar surface area (TPSA) is 71.1 Å². The maximum Gasteiger partial charge on any atom is 0.260 e. The minimum absolute atomic E-state index is 0.0416. The molecule has 0 atom stereocenters. The molecule has 0 aliphatic heterocycles. The number of anilines is 1. The van der Waals surface area contributed by atoms with Gasteiger partial charge in [-0.05, 0) is 31.0 Å². The predicted octanol–water partition coefficient (Wildman–Crippen LogP) is 2.03. The van der Waals surface area contributed by atoms with Gasteiger partial charge < -0.3 is 5.32 Å². The van der Waals surface area contributed by atoms with Gasteiger partial charge in [-0.25, -0.2) is 18.1 Å². The van der Waals surface area contributed by atoms with Gasteiger partial charge >= 0.3 is 0 Å². The monoisotopic (exact) mass is 305 g/mol. The van der Waals surface area contributed by atoms with Gasteiger partial charge in [0.2, 0.25) is 0 Å². The predicted molar refractivity (Wildman–Crippen MR) is 83.7 cm³/mol. The van der Waals surface area contributed by atoms with Crippen LogP contribution in [0.3, 0.4) is 0 Å². The Morgan fingerprint density at radius 1 is 1.10 bits per heavy atom. The Balaban J connectivity index is 2.05. The number of pyridine rings is 1. The zero-order valence-electron chi connectivity index (χ0n) is 11.9. The number of nitrogens with zero attached hydrogens (tertiary/aromatic N) is 1. The van der Waals surface area contributed by atoms with Crippen LogP contribution in [0.5, 0.6) is 0 Å². The second kappa shape index (κ2) is 7.19. The molecule has 0 saturated carbocycles. The molecule has 112 valence electrons. The zero-order valence-corrected chi connectivity index (χ0v) is 12.7. The summed E-state index contributed by atoms with van der Waals surface area (Å²) in [7, 11) is -3.61. The Labute approximate surface area is 125 Å². The molecule has 0 bridgehead atoms. The lowest BCUT2D eigenvalue weighted by atomic mass is 10.2. The number of hydrogen-bond acceptors (Lipinski definition) is 4. The van der Waals surface area contributed by atoms with Crippen molar-refractivity contribution in [2.24, 2.45) is 0 Å². The highest BCUT2D eigenvalue weighted by Crippen LogP contribution is 2.17. The fraction of sp³-hybridized carbons (Fsp3) is 0.267. The average Bonchev–Trinajstić information content (AvgIpc) is 2.49. The van der Waals surface area contributed by atoms with E-state index in [0.29, 0.717) is 25.2 Å². The molecule has 0 spiro atoms. The smallest absolute Gasteiger partial charge is 0.260 e. The lowest BCUT2D eigenvalue weighted by Crippen LogP contribution is -2.27. The van der Waals surface area contributed by atoms with Crippen LogP contribution in [0.15, 0.2) is 53.7 Å². The first kappa shape index (κ1) is 15.5. The zero-order chi connectivity index (χ0) is 15.1. The van der Waals surface area contributed by atoms with Crippen LogP contribution in [0.4, 0.5) is 5.69 Å². The molecule has 2 rings (SSSR count). The average molecular weight is 305 g/mol. The summed E-state index contributed by atoms with van der Waals surface area (Å²) in [6.45, 7) is 2.89. The van der Waals surface area contributed by atoms with Crippen molar-refractivity contribution in [1.82, 2.24) is 9.71 Å². The first-order valence-electron chi connectivity index (χ1n) is 6.86. The normalized spacial score (nSPS) is 11.3. The summed E-state index contributed by atoms with van der Waals surface area (Å²) in [6.07, 6.45) is 2.12. The van der Waals surface area contributed by atoms with Crippen LogP contribution in [-0.2, 0) is 16.4 Å². The Kier molecular flexibility index (Phi) is 5.30. The van der Waals surface area contributed by atoms with Crippen molar-refractivity contribution in [2.75, 3.05) is 18.4 Å². The van der Waals surface area contributed by atoms with E-state index in [1.165, 1.54) is 6.20 Å². The Hall–Kier alpha value is -1.92. The molecule has 0 saturated heterocycles. The highest BCUT2D eigenvalue weighted by Gasteiger charge is 2.19. The summed E-state index contributed by atoms with van der Waals surface area (Å²) in [5.41, 5.74) is 1.61. The van der Waals surface area contributed by atoms with Crippen molar-refractivity contribution >= 4 is 15.7 Å². The summed E-state index contributed by atoms with van der Waals surface area (Å²) in [5, 5.41) is 3.05. The molecule has 21 heavy (non-hydrogen) atoms. The third-order valence-corrected chi connectivity index (χ3v) is 4.36. The highest BCUT2D eigenvalue weighted by atomic mass is 32.2. The van der Waals surface area contributed by atoms with Crippen LogP contribution in [0.2, 0.25) is 0 Å². The van der Waals surface area contributed by atoms with E-state index in [4.69, 9.17) is 0 Å². The maximum absolute atomic E-state index is 12.3. The van der Waals surface area contributed by atoms with Crippen LogP contribution in [-0.4, -0.2) is 26.5 Å². The van der Waals surface area contributed by atoms with E-state index in [-0.39, 0.29) is 5.03 Å². The second-order valence-corrected chi connectivity index (χ2v) is 6.20. The van der Waals surface area contributed by atoms with Crippen LogP contribution in [0.25, 0.3) is 0 Å². The molecule has 2 aromatic rings. The van der Waals surface area contributed by atoms with Gasteiger partial charge in [-0.1, -0.05) is 30.3 Å². The van der Waals surface area contributed by atoms with Gasteiger partial charge in [0.25, 0.3) is 10.0 Å². The molecule has 6 heteroatoms. The van der Waals surface area contributed by atoms with Gasteiger partial charge in [0.15, 0.2) is 5.03 Å². The van der Waals surface area contributed by atoms with E-state index in [1.807, 2.05) is 37.3 Å². The van der Waals surface area contributed by atoms with Crippen molar-refractivity contribution in [3.05, 3.63) is 54.2 Å². The molecule has 0 fully saturated rings. The van der Waals surface area contributed by atoms with E-state index < -0.39 is 10.0 Å². The van der Waals surface area contributed by atoms with E-state index in [2.05, 4.69) is 15.0 Å². The van der Waals surface area contributed by atoms with Crippen LogP contribution in [0.1, 0.15) is 12.5 Å². The highest BCUT2D eigenvalue weighted by molar-refractivity contribution is 7.89. The number of nitrogens with one attached hydrogen (secondary N) is 2. The maximum atomic E-state index is 12.3. The number of benzene rings is 1. The molecule has 1 aromatic carbocycles. The summed E-state index contributed by atoms with van der Waals surface area (Å²) in [4.78, 5) is 3.98. The van der Waals surface area contributed by atoms with Crippen molar-refractivity contribution in [1.29, 1.82) is 0 Å². The summed E-state index contributed by atoms with van der Waals surface area (Å²) >= 11 is 0. The fourth-order valence-electron chi connectivity index (χ4n) is 1.97. The molecule has 0 aliphatic carbocycles. The number of aromatic nitrogens is 1. The van der Waals surface area contributed by atoms with Crippen molar-refractivity contribution < 1.29 is 8.42 Å². The van der Waals surface area contributed by atoms with Crippen LogP contribution in [0, 0.1) is 0 Å². The molecule has 0 radical (unpaired) electrons. The van der Waals surface area contributed by atoms with E-state index in [0.717, 1.165) is 5.56 Å². The quantitative estimate of drug-likeness (QED) is 0.821. The molecule has 1 heterocycles. The molecule has 0 amide bonds. The number of sulfonamides is 1. The number of rotatable bonds is 7. The Morgan fingerprint density at radius 2 is 1.86 bits per heavy atom. The van der Waals surface area contributed by atoms with Gasteiger partial charge in [-0.3, -0.25) is 0 Å². The van der Waals surface area contributed by atoms with Crippen molar-refractivity contribution in [3.8, 4) is 0 Å². The molecular weight excluding hydrogens is 286 g/mol.